The van der Waals surface area contributed by atoms with Crippen molar-refractivity contribution >= 4 is 37.1 Å². The summed E-state index contributed by atoms with van der Waals surface area (Å²) in [5.74, 6) is 0.524. The number of hydrogen-bond acceptors (Lipinski definition) is 7. The van der Waals surface area contributed by atoms with Gasteiger partial charge in [0.1, 0.15) is 0 Å². The maximum atomic E-state index is 13.1. The van der Waals surface area contributed by atoms with Crippen molar-refractivity contribution in [2.75, 3.05) is 85.2 Å². The molecule has 0 aliphatic carbocycles. The lowest BCUT2D eigenvalue weighted by atomic mass is 9.71. The van der Waals surface area contributed by atoms with E-state index in [1.165, 1.54) is 0 Å². The minimum atomic E-state index is -3.01. The third-order valence-electron chi connectivity index (χ3n) is 8.43. The lowest BCUT2D eigenvalue weighted by Gasteiger charge is -2.33. The van der Waals surface area contributed by atoms with Crippen LogP contribution < -0.4 is 9.80 Å². The molecule has 4 aliphatic heterocycles. The molecule has 0 radical (unpaired) electrons. The second-order valence-electron chi connectivity index (χ2n) is 10.9. The van der Waals surface area contributed by atoms with Crippen LogP contribution in [0.2, 0.25) is 0 Å². The first kappa shape index (κ1) is 23.7. The normalized spacial score (nSPS) is 32.6. The van der Waals surface area contributed by atoms with Crippen molar-refractivity contribution in [1.29, 1.82) is 0 Å². The molecule has 11 heteroatoms. The van der Waals surface area contributed by atoms with E-state index in [1.54, 1.807) is 4.90 Å². The van der Waals surface area contributed by atoms with Crippen LogP contribution >= 0.6 is 0 Å². The lowest BCUT2D eigenvalue weighted by Crippen LogP contribution is -2.50. The number of sulfone groups is 2. The van der Waals surface area contributed by atoms with Gasteiger partial charge in [0.05, 0.1) is 23.0 Å². The summed E-state index contributed by atoms with van der Waals surface area (Å²) in [6.45, 7) is 9.19. The molecule has 0 aromatic heterocycles. The smallest absolute Gasteiger partial charge is 0.320 e. The van der Waals surface area contributed by atoms with Crippen molar-refractivity contribution in [3.63, 3.8) is 0 Å². The molecule has 1 aromatic rings. The van der Waals surface area contributed by atoms with E-state index in [-0.39, 0.29) is 53.0 Å². The van der Waals surface area contributed by atoms with E-state index in [2.05, 4.69) is 47.9 Å². The Labute approximate surface area is 202 Å². The van der Waals surface area contributed by atoms with E-state index in [1.807, 2.05) is 4.90 Å². The molecule has 0 N–H and O–H groups in total. The van der Waals surface area contributed by atoms with Gasteiger partial charge in [-0.1, -0.05) is 13.8 Å². The first-order chi connectivity index (χ1) is 15.9. The summed E-state index contributed by atoms with van der Waals surface area (Å²) >= 11 is 0. The molecule has 9 nitrogen and oxygen atoms in total. The van der Waals surface area contributed by atoms with Crippen molar-refractivity contribution in [2.24, 2.45) is 10.8 Å². The standard InChI is InChI=1S/C23H34N4O5S2/c1-22-15-26(20-5-3-19(4-6-20)24-7-11-33(29,30)12-8-24)16-23(22,2)18-27(17-22)21(28)25-9-13-34(31,32)14-10-25/h3-6H,7-18H2,1-2H3/t22-,23+. The average molecular weight is 511 g/mol. The number of hydrogen-bond donors (Lipinski definition) is 0. The number of amides is 2. The highest BCUT2D eigenvalue weighted by atomic mass is 32.2. The van der Waals surface area contributed by atoms with E-state index in [4.69, 9.17) is 0 Å². The highest BCUT2D eigenvalue weighted by Gasteiger charge is 2.59. The van der Waals surface area contributed by atoms with Gasteiger partial charge in [-0.05, 0) is 24.3 Å². The van der Waals surface area contributed by atoms with E-state index < -0.39 is 19.7 Å². The Morgan fingerprint density at radius 2 is 1.06 bits per heavy atom. The summed E-state index contributed by atoms with van der Waals surface area (Å²) in [5.41, 5.74) is 2.09. The van der Waals surface area contributed by atoms with Crippen molar-refractivity contribution in [3.05, 3.63) is 24.3 Å². The number of anilines is 2. The first-order valence-electron chi connectivity index (χ1n) is 11.9. The molecule has 0 saturated carbocycles. The number of nitrogens with zero attached hydrogens (tertiary/aromatic N) is 4. The van der Waals surface area contributed by atoms with E-state index in [0.717, 1.165) is 24.5 Å². The maximum Gasteiger partial charge on any atom is 0.320 e. The second-order valence-corrected chi connectivity index (χ2v) is 15.5. The van der Waals surface area contributed by atoms with Gasteiger partial charge < -0.3 is 19.6 Å². The monoisotopic (exact) mass is 510 g/mol. The van der Waals surface area contributed by atoms with Crippen LogP contribution in [0.15, 0.2) is 24.3 Å². The molecule has 0 bridgehead atoms. The number of carbonyl (C=O) groups excluding carboxylic acids is 1. The van der Waals surface area contributed by atoms with Crippen LogP contribution in [0.25, 0.3) is 0 Å². The fourth-order valence-electron chi connectivity index (χ4n) is 5.93. The van der Waals surface area contributed by atoms with Gasteiger partial charge in [-0.25, -0.2) is 21.6 Å². The molecular formula is C23H34N4O5S2. The predicted molar refractivity (Wildman–Crippen MR) is 133 cm³/mol. The summed E-state index contributed by atoms with van der Waals surface area (Å²) in [7, 11) is -5.91. The zero-order valence-corrected chi connectivity index (χ0v) is 21.6. The minimum absolute atomic E-state index is 0.0359. The topological polar surface area (TPSA) is 98.3 Å². The molecule has 2 amide bonds. The molecular weight excluding hydrogens is 476 g/mol. The fraction of sp³-hybridized carbons (Fsp3) is 0.696. The highest BCUT2D eigenvalue weighted by molar-refractivity contribution is 7.91. The molecule has 4 heterocycles. The number of rotatable bonds is 2. The van der Waals surface area contributed by atoms with E-state index in [9.17, 15) is 21.6 Å². The number of likely N-dealkylation sites (tertiary alicyclic amines) is 1. The first-order valence-corrected chi connectivity index (χ1v) is 15.6. The van der Waals surface area contributed by atoms with Gasteiger partial charge in [-0.3, -0.25) is 0 Å². The minimum Gasteiger partial charge on any atom is -0.370 e. The molecule has 4 aliphatic rings. The van der Waals surface area contributed by atoms with Gasteiger partial charge in [0.25, 0.3) is 0 Å². The van der Waals surface area contributed by atoms with Crippen LogP contribution in [0.1, 0.15) is 13.8 Å². The van der Waals surface area contributed by atoms with E-state index >= 15 is 0 Å². The largest absolute Gasteiger partial charge is 0.370 e. The predicted octanol–water partition coefficient (Wildman–Crippen LogP) is 0.920. The van der Waals surface area contributed by atoms with Crippen LogP contribution in [-0.2, 0) is 19.7 Å². The zero-order chi connectivity index (χ0) is 24.4. The fourth-order valence-corrected chi connectivity index (χ4v) is 8.33. The summed E-state index contributed by atoms with van der Waals surface area (Å²) in [4.78, 5) is 21.2. The van der Waals surface area contributed by atoms with Gasteiger partial charge in [0.2, 0.25) is 0 Å². The second kappa shape index (κ2) is 8.01. The van der Waals surface area contributed by atoms with Crippen LogP contribution in [0, 0.1) is 10.8 Å². The number of fused-ring (bicyclic) bond motifs is 1. The summed E-state index contributed by atoms with van der Waals surface area (Å²) < 4.78 is 46.9. The molecule has 5 rings (SSSR count). The Bertz CT molecular complexity index is 1140. The average Bonchev–Trinajstić information content (AvgIpc) is 3.18. The van der Waals surface area contributed by atoms with Gasteiger partial charge in [0.15, 0.2) is 19.7 Å². The number of carbonyl (C=O) groups is 1. The lowest BCUT2D eigenvalue weighted by molar-refractivity contribution is 0.160. The Hall–Kier alpha value is -2.01. The van der Waals surface area contributed by atoms with Gasteiger partial charge >= 0.3 is 6.03 Å². The molecule has 4 saturated heterocycles. The molecule has 188 valence electrons. The SMILES string of the molecule is C[C@@]12CN(C(=O)N3CCS(=O)(=O)CC3)C[C@]1(C)CN(c1ccc(N3CCS(=O)(=O)CC3)cc1)C2. The third kappa shape index (κ3) is 4.25. The van der Waals surface area contributed by atoms with Crippen molar-refractivity contribution in [1.82, 2.24) is 9.80 Å². The Balaban J connectivity index is 1.23. The molecule has 0 unspecified atom stereocenters. The number of urea groups is 1. The molecule has 0 spiro atoms. The Morgan fingerprint density at radius 3 is 1.53 bits per heavy atom. The summed E-state index contributed by atoms with van der Waals surface area (Å²) in [6, 6.07) is 8.34. The molecule has 4 fully saturated rings. The van der Waals surface area contributed by atoms with Crippen molar-refractivity contribution in [3.8, 4) is 0 Å². The molecule has 34 heavy (non-hydrogen) atoms. The summed E-state index contributed by atoms with van der Waals surface area (Å²) in [5, 5.41) is 0. The Morgan fingerprint density at radius 1 is 0.647 bits per heavy atom. The third-order valence-corrected chi connectivity index (χ3v) is 11.6. The van der Waals surface area contributed by atoms with Gasteiger partial charge in [-0.15, -0.1) is 0 Å². The maximum absolute atomic E-state index is 13.1. The van der Waals surface area contributed by atoms with Crippen LogP contribution in [0.5, 0.6) is 0 Å². The van der Waals surface area contributed by atoms with Gasteiger partial charge in [0, 0.05) is 74.6 Å². The van der Waals surface area contributed by atoms with Crippen LogP contribution in [0.3, 0.4) is 0 Å². The van der Waals surface area contributed by atoms with Crippen LogP contribution in [0.4, 0.5) is 16.2 Å². The zero-order valence-electron chi connectivity index (χ0n) is 19.9. The Kier molecular flexibility index (Phi) is 5.59. The highest BCUT2D eigenvalue weighted by Crippen LogP contribution is 2.52. The molecule has 1 aromatic carbocycles. The van der Waals surface area contributed by atoms with Crippen molar-refractivity contribution in [2.45, 2.75) is 13.8 Å². The van der Waals surface area contributed by atoms with Crippen LogP contribution in [-0.4, -0.2) is 108 Å². The van der Waals surface area contributed by atoms with Crippen molar-refractivity contribution < 1.29 is 21.6 Å². The quantitative estimate of drug-likeness (QED) is 0.584. The molecule has 2 atom stereocenters. The van der Waals surface area contributed by atoms with Gasteiger partial charge in [-0.2, -0.15) is 0 Å². The number of benzene rings is 1. The van der Waals surface area contributed by atoms with E-state index in [0.29, 0.717) is 26.2 Å². The summed E-state index contributed by atoms with van der Waals surface area (Å²) in [6.07, 6.45) is 0.